The number of halogens is 3. The molecule has 0 saturated heterocycles. The summed E-state index contributed by atoms with van der Waals surface area (Å²) in [5.41, 5.74) is -1.64. The zero-order valence-corrected chi connectivity index (χ0v) is 11.6. The van der Waals surface area contributed by atoms with E-state index in [2.05, 4.69) is 10.3 Å². The lowest BCUT2D eigenvalue weighted by molar-refractivity contribution is -0.137. The zero-order valence-electron chi connectivity index (χ0n) is 14.6. The maximum Gasteiger partial charge on any atom is 0.416 e. The van der Waals surface area contributed by atoms with Crippen molar-refractivity contribution in [3.05, 3.63) is 64.6 Å². The van der Waals surface area contributed by atoms with Gasteiger partial charge >= 0.3 is 11.9 Å². The first kappa shape index (κ1) is 11.7. The third-order valence-electron chi connectivity index (χ3n) is 3.35. The van der Waals surface area contributed by atoms with Crippen LogP contribution in [0.5, 0.6) is 0 Å². The minimum atomic E-state index is -4.62. The Kier molecular flexibility index (Phi) is 2.76. The van der Waals surface area contributed by atoms with Crippen molar-refractivity contribution < 1.29 is 17.3 Å². The van der Waals surface area contributed by atoms with Crippen LogP contribution in [-0.2, 0) is 6.18 Å². The molecule has 3 rings (SSSR count). The molecule has 0 unspecified atom stereocenters. The number of alkyl halides is 3. The maximum absolute atomic E-state index is 13.1. The third kappa shape index (κ3) is 2.65. The number of nitrogens with one attached hydrogen (secondary N) is 1. The van der Waals surface area contributed by atoms with Crippen LogP contribution in [0.4, 0.5) is 19.0 Å². The Bertz CT molecular complexity index is 1010. The van der Waals surface area contributed by atoms with Crippen LogP contribution in [0.1, 0.15) is 9.68 Å². The quantitative estimate of drug-likeness (QED) is 0.786. The van der Waals surface area contributed by atoms with E-state index in [0.29, 0.717) is 5.69 Å². The SMILES string of the molecule is [2H]C([2H])([2H])Nc1nc(=O)n(-c2ccccc2)c2cc(C(F)(F)F)ccc12. The molecule has 118 valence electrons. The summed E-state index contributed by atoms with van der Waals surface area (Å²) in [5, 5.41) is 2.18. The molecule has 7 heteroatoms. The predicted molar refractivity (Wildman–Crippen MR) is 81.9 cm³/mol. The van der Waals surface area contributed by atoms with E-state index in [1.807, 2.05) is 0 Å². The van der Waals surface area contributed by atoms with Crippen LogP contribution in [0.3, 0.4) is 0 Å². The molecule has 4 nitrogen and oxygen atoms in total. The van der Waals surface area contributed by atoms with Crippen molar-refractivity contribution in [3.63, 3.8) is 0 Å². The predicted octanol–water partition coefficient (Wildman–Crippen LogP) is 3.45. The van der Waals surface area contributed by atoms with Gasteiger partial charge in [-0.15, -0.1) is 0 Å². The van der Waals surface area contributed by atoms with Gasteiger partial charge in [-0.3, -0.25) is 4.57 Å². The summed E-state index contributed by atoms with van der Waals surface area (Å²) in [6.45, 7) is -2.66. The van der Waals surface area contributed by atoms with Gasteiger partial charge in [0.1, 0.15) is 5.82 Å². The summed E-state index contributed by atoms with van der Waals surface area (Å²) < 4.78 is 62.2. The molecule has 0 aliphatic carbocycles. The molecule has 3 aromatic rings. The molecular formula is C16H12F3N3O. The second kappa shape index (κ2) is 5.42. The smallest absolute Gasteiger partial charge is 0.372 e. The topological polar surface area (TPSA) is 46.9 Å². The minimum Gasteiger partial charge on any atom is -0.372 e. The van der Waals surface area contributed by atoms with Gasteiger partial charge in [-0.05, 0) is 30.3 Å². The van der Waals surface area contributed by atoms with Crippen LogP contribution in [-0.4, -0.2) is 16.5 Å². The number of aromatic nitrogens is 2. The number of nitrogens with zero attached hydrogens (tertiary/aromatic N) is 2. The summed E-state index contributed by atoms with van der Waals surface area (Å²) in [7, 11) is 0. The highest BCUT2D eigenvalue weighted by molar-refractivity contribution is 5.90. The van der Waals surface area contributed by atoms with E-state index in [0.717, 1.165) is 22.8 Å². The molecule has 1 heterocycles. The van der Waals surface area contributed by atoms with Gasteiger partial charge in [-0.25, -0.2) is 4.79 Å². The largest absolute Gasteiger partial charge is 0.416 e. The van der Waals surface area contributed by atoms with Crippen molar-refractivity contribution in [2.45, 2.75) is 6.18 Å². The van der Waals surface area contributed by atoms with Crippen molar-refractivity contribution in [1.82, 2.24) is 9.55 Å². The Hall–Kier alpha value is -2.83. The lowest BCUT2D eigenvalue weighted by Crippen LogP contribution is -2.23. The summed E-state index contributed by atoms with van der Waals surface area (Å²) in [4.78, 5) is 16.2. The molecular weight excluding hydrogens is 307 g/mol. The van der Waals surface area contributed by atoms with E-state index in [1.165, 1.54) is 0 Å². The van der Waals surface area contributed by atoms with Crippen LogP contribution in [0.25, 0.3) is 16.6 Å². The van der Waals surface area contributed by atoms with Crippen molar-refractivity contribution in [2.75, 3.05) is 12.3 Å². The van der Waals surface area contributed by atoms with E-state index in [1.54, 1.807) is 30.3 Å². The molecule has 0 spiro atoms. The molecule has 1 aromatic heterocycles. The lowest BCUT2D eigenvalue weighted by Gasteiger charge is -2.14. The van der Waals surface area contributed by atoms with Crippen molar-refractivity contribution >= 4 is 16.7 Å². The van der Waals surface area contributed by atoms with Crippen molar-refractivity contribution in [3.8, 4) is 5.69 Å². The van der Waals surface area contributed by atoms with Gasteiger partial charge < -0.3 is 5.32 Å². The molecule has 2 aromatic carbocycles. The third-order valence-corrected chi connectivity index (χ3v) is 3.35. The maximum atomic E-state index is 13.1. The number of hydrogen-bond acceptors (Lipinski definition) is 3. The van der Waals surface area contributed by atoms with Crippen LogP contribution < -0.4 is 11.0 Å². The first-order valence-electron chi connectivity index (χ1n) is 8.04. The van der Waals surface area contributed by atoms with Gasteiger partial charge in [-0.1, -0.05) is 18.2 Å². The van der Waals surface area contributed by atoms with Gasteiger partial charge in [0.25, 0.3) is 0 Å². The van der Waals surface area contributed by atoms with Gasteiger partial charge in [0.15, 0.2) is 0 Å². The van der Waals surface area contributed by atoms with E-state index in [9.17, 15) is 18.0 Å². The number of hydrogen-bond donors (Lipinski definition) is 1. The molecule has 1 N–H and O–H groups in total. The van der Waals surface area contributed by atoms with Crippen LogP contribution in [0, 0.1) is 0 Å². The molecule has 0 radical (unpaired) electrons. The lowest BCUT2D eigenvalue weighted by atomic mass is 10.1. The van der Waals surface area contributed by atoms with E-state index < -0.39 is 24.4 Å². The van der Waals surface area contributed by atoms with E-state index in [-0.39, 0.29) is 16.7 Å². The molecule has 0 atom stereocenters. The molecule has 0 aliphatic heterocycles. The van der Waals surface area contributed by atoms with Crippen molar-refractivity contribution in [2.24, 2.45) is 0 Å². The molecule has 0 bridgehead atoms. The van der Waals surface area contributed by atoms with Crippen LogP contribution in [0.2, 0.25) is 0 Å². The Morgan fingerprint density at radius 1 is 1.17 bits per heavy atom. The summed E-state index contributed by atoms with van der Waals surface area (Å²) >= 11 is 0. The fourth-order valence-electron chi connectivity index (χ4n) is 2.32. The first-order chi connectivity index (χ1) is 12.1. The second-order valence-corrected chi connectivity index (χ2v) is 4.77. The number of para-hydroxylation sites is 1. The molecule has 23 heavy (non-hydrogen) atoms. The van der Waals surface area contributed by atoms with Gasteiger partial charge in [0, 0.05) is 16.5 Å². The van der Waals surface area contributed by atoms with Gasteiger partial charge in [0.2, 0.25) is 0 Å². The summed E-state index contributed by atoms with van der Waals surface area (Å²) in [6, 6.07) is 10.7. The van der Waals surface area contributed by atoms with Gasteiger partial charge in [0.05, 0.1) is 16.8 Å². The Morgan fingerprint density at radius 3 is 2.57 bits per heavy atom. The number of rotatable bonds is 2. The van der Waals surface area contributed by atoms with Crippen LogP contribution >= 0.6 is 0 Å². The normalized spacial score (nSPS) is 14.1. The van der Waals surface area contributed by atoms with E-state index >= 15 is 0 Å². The monoisotopic (exact) mass is 322 g/mol. The zero-order chi connectivity index (χ0) is 19.1. The second-order valence-electron chi connectivity index (χ2n) is 4.77. The summed E-state index contributed by atoms with van der Waals surface area (Å²) in [6.07, 6.45) is -4.62. The first-order valence-corrected chi connectivity index (χ1v) is 6.54. The number of benzene rings is 2. The fourth-order valence-corrected chi connectivity index (χ4v) is 2.32. The van der Waals surface area contributed by atoms with Crippen LogP contribution in [0.15, 0.2) is 53.3 Å². The Balaban J connectivity index is 2.38. The molecule has 0 amide bonds. The molecule has 0 aliphatic rings. The average molecular weight is 322 g/mol. The highest BCUT2D eigenvalue weighted by atomic mass is 19.4. The van der Waals surface area contributed by atoms with Gasteiger partial charge in [-0.2, -0.15) is 18.2 Å². The fraction of sp³-hybridized carbons (Fsp3) is 0.125. The number of fused-ring (bicyclic) bond motifs is 1. The van der Waals surface area contributed by atoms with Crippen molar-refractivity contribution in [1.29, 1.82) is 0 Å². The Morgan fingerprint density at radius 2 is 1.91 bits per heavy atom. The molecule has 0 saturated carbocycles. The van der Waals surface area contributed by atoms with E-state index in [4.69, 9.17) is 4.11 Å². The highest BCUT2D eigenvalue weighted by Gasteiger charge is 2.31. The average Bonchev–Trinajstić information content (AvgIpc) is 2.53. The minimum absolute atomic E-state index is 0.0811. The molecule has 0 fully saturated rings. The summed E-state index contributed by atoms with van der Waals surface area (Å²) in [5.74, 6) is -0.300. The Labute approximate surface area is 133 Å². The standard InChI is InChI=1S/C16H12F3N3O/c1-20-14-12-8-7-10(16(17,18)19)9-13(12)22(15(23)21-14)11-5-3-2-4-6-11/h2-9H,1H3,(H,20,21,23)/i1D3. The number of anilines is 1. The highest BCUT2D eigenvalue weighted by Crippen LogP contribution is 2.32.